The first-order valence-electron chi connectivity index (χ1n) is 4.57. The van der Waals surface area contributed by atoms with E-state index in [4.69, 9.17) is 0 Å². The lowest BCUT2D eigenvalue weighted by Gasteiger charge is -2.35. The molecular formula is C10H18O3. The molecule has 0 heterocycles. The Morgan fingerprint density at radius 2 is 2.08 bits per heavy atom. The molecule has 0 aromatic carbocycles. The molecule has 2 atom stereocenters. The van der Waals surface area contributed by atoms with Gasteiger partial charge in [-0.1, -0.05) is 6.08 Å². The van der Waals surface area contributed by atoms with Crippen LogP contribution < -0.4 is 0 Å². The Bertz CT molecular complexity index is 223. The fourth-order valence-electron chi connectivity index (χ4n) is 1.50. The number of hydrogen-bond acceptors (Lipinski definition) is 3. The van der Waals surface area contributed by atoms with Crippen molar-refractivity contribution in [2.24, 2.45) is 0 Å². The normalized spacial score (nSPS) is 35.8. The second-order valence-corrected chi connectivity index (χ2v) is 4.55. The van der Waals surface area contributed by atoms with Crippen LogP contribution in [0.4, 0.5) is 0 Å². The summed E-state index contributed by atoms with van der Waals surface area (Å²) in [6.45, 7) is 4.98. The van der Waals surface area contributed by atoms with Crippen LogP contribution in [0.2, 0.25) is 0 Å². The van der Waals surface area contributed by atoms with Crippen molar-refractivity contribution in [3.63, 3.8) is 0 Å². The van der Waals surface area contributed by atoms with E-state index in [1.165, 1.54) is 0 Å². The number of aliphatic hydroxyl groups excluding tert-OH is 1. The highest BCUT2D eigenvalue weighted by atomic mass is 16.3. The number of hydrogen-bond donors (Lipinski definition) is 3. The van der Waals surface area contributed by atoms with Gasteiger partial charge in [0.2, 0.25) is 0 Å². The summed E-state index contributed by atoms with van der Waals surface area (Å²) < 4.78 is 0. The van der Waals surface area contributed by atoms with Crippen LogP contribution >= 0.6 is 0 Å². The molecule has 1 rings (SSSR count). The molecule has 0 spiro atoms. The van der Waals surface area contributed by atoms with Gasteiger partial charge in [0.05, 0.1) is 11.2 Å². The molecule has 0 radical (unpaired) electrons. The van der Waals surface area contributed by atoms with Crippen LogP contribution in [0.1, 0.15) is 33.6 Å². The Labute approximate surface area is 78.7 Å². The molecule has 1 aliphatic carbocycles. The minimum absolute atomic E-state index is 0.490. The molecule has 0 aliphatic heterocycles. The zero-order valence-corrected chi connectivity index (χ0v) is 8.41. The highest BCUT2D eigenvalue weighted by Gasteiger charge is 2.35. The Kier molecular flexibility index (Phi) is 2.54. The van der Waals surface area contributed by atoms with Crippen molar-refractivity contribution < 1.29 is 15.3 Å². The van der Waals surface area contributed by atoms with E-state index in [1.54, 1.807) is 26.8 Å². The molecule has 0 aromatic heterocycles. The largest absolute Gasteiger partial charge is 0.387 e. The molecule has 0 fully saturated rings. The maximum absolute atomic E-state index is 9.67. The fourth-order valence-corrected chi connectivity index (χ4v) is 1.50. The van der Waals surface area contributed by atoms with Crippen LogP contribution in [0.25, 0.3) is 0 Å². The lowest BCUT2D eigenvalue weighted by atomic mass is 9.80. The van der Waals surface area contributed by atoms with Crippen LogP contribution in [0.3, 0.4) is 0 Å². The maximum Gasteiger partial charge on any atom is 0.101 e. The first kappa shape index (κ1) is 10.7. The first-order chi connectivity index (χ1) is 5.73. The third-order valence-electron chi connectivity index (χ3n) is 2.68. The average Bonchev–Trinajstić information content (AvgIpc) is 1.92. The highest BCUT2D eigenvalue weighted by Crippen LogP contribution is 2.32. The predicted molar refractivity (Wildman–Crippen MR) is 50.2 cm³/mol. The lowest BCUT2D eigenvalue weighted by Crippen LogP contribution is -2.42. The average molecular weight is 186 g/mol. The zero-order valence-electron chi connectivity index (χ0n) is 8.41. The van der Waals surface area contributed by atoms with Crippen molar-refractivity contribution in [3.8, 4) is 0 Å². The van der Waals surface area contributed by atoms with E-state index < -0.39 is 17.3 Å². The topological polar surface area (TPSA) is 60.7 Å². The van der Waals surface area contributed by atoms with Crippen LogP contribution in [0.15, 0.2) is 11.6 Å². The van der Waals surface area contributed by atoms with Gasteiger partial charge in [-0.05, 0) is 39.2 Å². The molecule has 3 heteroatoms. The number of rotatable bonds is 1. The van der Waals surface area contributed by atoms with Gasteiger partial charge in [0.15, 0.2) is 0 Å². The van der Waals surface area contributed by atoms with Crippen molar-refractivity contribution in [2.75, 3.05) is 0 Å². The van der Waals surface area contributed by atoms with E-state index in [0.29, 0.717) is 12.8 Å². The van der Waals surface area contributed by atoms with Gasteiger partial charge in [0.1, 0.15) is 6.10 Å². The van der Waals surface area contributed by atoms with Crippen LogP contribution in [-0.2, 0) is 0 Å². The summed E-state index contributed by atoms with van der Waals surface area (Å²) in [6, 6.07) is 0. The fraction of sp³-hybridized carbons (Fsp3) is 0.800. The summed E-state index contributed by atoms with van der Waals surface area (Å²) in [7, 11) is 0. The van der Waals surface area contributed by atoms with E-state index in [2.05, 4.69) is 0 Å². The van der Waals surface area contributed by atoms with Gasteiger partial charge >= 0.3 is 0 Å². The van der Waals surface area contributed by atoms with Gasteiger partial charge in [-0.3, -0.25) is 0 Å². The Hall–Kier alpha value is -0.380. The highest BCUT2D eigenvalue weighted by molar-refractivity contribution is 5.21. The minimum Gasteiger partial charge on any atom is -0.387 e. The monoisotopic (exact) mass is 186 g/mol. The molecule has 1 unspecified atom stereocenters. The summed E-state index contributed by atoms with van der Waals surface area (Å²) in [6.07, 6.45) is 1.81. The molecule has 13 heavy (non-hydrogen) atoms. The molecule has 0 aromatic rings. The first-order valence-corrected chi connectivity index (χ1v) is 4.57. The Morgan fingerprint density at radius 1 is 1.54 bits per heavy atom. The van der Waals surface area contributed by atoms with E-state index in [1.807, 2.05) is 0 Å². The summed E-state index contributed by atoms with van der Waals surface area (Å²) >= 11 is 0. The summed E-state index contributed by atoms with van der Waals surface area (Å²) in [5.41, 5.74) is -1.14. The SMILES string of the molecule is CC(C)(O)C1=CC(O)[C@@](C)(O)CC1. The van der Waals surface area contributed by atoms with E-state index >= 15 is 0 Å². The molecule has 0 amide bonds. The number of aliphatic hydroxyl groups is 3. The van der Waals surface area contributed by atoms with Gasteiger partial charge in [-0.15, -0.1) is 0 Å². The minimum atomic E-state index is -1.05. The van der Waals surface area contributed by atoms with Crippen molar-refractivity contribution >= 4 is 0 Å². The van der Waals surface area contributed by atoms with Gasteiger partial charge in [0.25, 0.3) is 0 Å². The molecule has 0 saturated heterocycles. The zero-order chi connectivity index (χ0) is 10.3. The van der Waals surface area contributed by atoms with Crippen molar-refractivity contribution in [1.82, 2.24) is 0 Å². The Morgan fingerprint density at radius 3 is 2.46 bits per heavy atom. The van der Waals surface area contributed by atoms with Crippen LogP contribution in [0, 0.1) is 0 Å². The van der Waals surface area contributed by atoms with E-state index in [0.717, 1.165) is 5.57 Å². The van der Waals surface area contributed by atoms with E-state index in [-0.39, 0.29) is 0 Å². The molecule has 1 aliphatic rings. The molecule has 0 bridgehead atoms. The molecule has 3 N–H and O–H groups in total. The Balaban J connectivity index is 2.85. The summed E-state index contributed by atoms with van der Waals surface area (Å²) in [4.78, 5) is 0. The van der Waals surface area contributed by atoms with Gasteiger partial charge in [0, 0.05) is 0 Å². The van der Waals surface area contributed by atoms with Gasteiger partial charge in [-0.2, -0.15) is 0 Å². The second-order valence-electron chi connectivity index (χ2n) is 4.55. The van der Waals surface area contributed by atoms with Crippen LogP contribution in [-0.4, -0.2) is 32.6 Å². The predicted octanol–water partition coefficient (Wildman–Crippen LogP) is 0.589. The van der Waals surface area contributed by atoms with Crippen LogP contribution in [0.5, 0.6) is 0 Å². The molecular weight excluding hydrogens is 168 g/mol. The standard InChI is InChI=1S/C10H18O3/c1-9(2,12)7-4-5-10(3,13)8(11)6-7/h6,8,11-13H,4-5H2,1-3H3/t8?,10-/m0/s1. The molecule has 3 nitrogen and oxygen atoms in total. The van der Waals surface area contributed by atoms with Gasteiger partial charge in [-0.25, -0.2) is 0 Å². The summed E-state index contributed by atoms with van der Waals surface area (Å²) in [5.74, 6) is 0. The molecule has 0 saturated carbocycles. The van der Waals surface area contributed by atoms with Crippen molar-refractivity contribution in [3.05, 3.63) is 11.6 Å². The maximum atomic E-state index is 9.67. The smallest absolute Gasteiger partial charge is 0.101 e. The third-order valence-corrected chi connectivity index (χ3v) is 2.68. The van der Waals surface area contributed by atoms with Gasteiger partial charge < -0.3 is 15.3 Å². The van der Waals surface area contributed by atoms with Crippen molar-refractivity contribution in [1.29, 1.82) is 0 Å². The van der Waals surface area contributed by atoms with E-state index in [9.17, 15) is 15.3 Å². The van der Waals surface area contributed by atoms with Crippen molar-refractivity contribution in [2.45, 2.75) is 50.9 Å². The molecule has 76 valence electrons. The third kappa shape index (κ3) is 2.30. The second kappa shape index (κ2) is 3.08. The quantitative estimate of drug-likeness (QED) is 0.525. The summed E-state index contributed by atoms with van der Waals surface area (Å²) in [5, 5.41) is 28.9. The lowest BCUT2D eigenvalue weighted by molar-refractivity contribution is -0.0528.